The molecule has 0 unspecified atom stereocenters. The molecule has 0 radical (unpaired) electrons. The number of hydrogen-bond donors (Lipinski definition) is 1. The molecule has 0 fully saturated rings. The average Bonchev–Trinajstić information content (AvgIpc) is 2.54. The molecule has 6 heteroatoms. The summed E-state index contributed by atoms with van der Waals surface area (Å²) >= 11 is 0. The van der Waals surface area contributed by atoms with E-state index in [2.05, 4.69) is 5.32 Å². The lowest BCUT2D eigenvalue weighted by molar-refractivity contribution is -0.137. The zero-order chi connectivity index (χ0) is 17.5. The van der Waals surface area contributed by atoms with Crippen LogP contribution in [0.2, 0.25) is 0 Å². The van der Waals surface area contributed by atoms with E-state index in [-0.39, 0.29) is 17.1 Å². The Bertz CT molecular complexity index is 701. The summed E-state index contributed by atoms with van der Waals surface area (Å²) in [6.07, 6.45) is 2.89. The molecule has 6 nitrogen and oxygen atoms in total. The van der Waals surface area contributed by atoms with Crippen molar-refractivity contribution in [1.82, 2.24) is 0 Å². The van der Waals surface area contributed by atoms with Gasteiger partial charge in [0, 0.05) is 36.6 Å². The SMILES string of the molecule is CCOCCC(=O)c1ccc(NC=C2C(=O)C=C(C)OC2=O)cc1. The molecular weight excluding hydrogens is 310 g/mol. The fraction of sp³-hybridized carbons (Fsp3) is 0.278. The molecule has 0 saturated carbocycles. The Hall–Kier alpha value is -2.73. The van der Waals surface area contributed by atoms with Crippen molar-refractivity contribution in [3.8, 4) is 0 Å². The van der Waals surface area contributed by atoms with Gasteiger partial charge in [-0.15, -0.1) is 0 Å². The summed E-state index contributed by atoms with van der Waals surface area (Å²) in [5.41, 5.74) is 1.16. The molecule has 0 bridgehead atoms. The number of rotatable bonds is 7. The molecule has 0 spiro atoms. The van der Waals surface area contributed by atoms with Gasteiger partial charge < -0.3 is 14.8 Å². The smallest absolute Gasteiger partial charge is 0.348 e. The van der Waals surface area contributed by atoms with E-state index in [1.54, 1.807) is 31.2 Å². The van der Waals surface area contributed by atoms with Gasteiger partial charge in [-0.2, -0.15) is 0 Å². The third-order valence-electron chi connectivity index (χ3n) is 3.34. The van der Waals surface area contributed by atoms with Crippen molar-refractivity contribution in [1.29, 1.82) is 0 Å². The lowest BCUT2D eigenvalue weighted by atomic mass is 10.1. The molecule has 0 saturated heterocycles. The molecule has 0 amide bonds. The van der Waals surface area contributed by atoms with Crippen LogP contribution >= 0.6 is 0 Å². The van der Waals surface area contributed by atoms with E-state index in [1.165, 1.54) is 12.3 Å². The van der Waals surface area contributed by atoms with Crippen LogP contribution in [0.15, 0.2) is 47.9 Å². The van der Waals surface area contributed by atoms with Crippen LogP contribution in [0.3, 0.4) is 0 Å². The van der Waals surface area contributed by atoms with Gasteiger partial charge in [0.15, 0.2) is 11.6 Å². The maximum atomic E-state index is 11.9. The van der Waals surface area contributed by atoms with Crippen molar-refractivity contribution in [3.05, 3.63) is 53.4 Å². The first-order valence-electron chi connectivity index (χ1n) is 7.63. The van der Waals surface area contributed by atoms with Crippen LogP contribution in [-0.2, 0) is 19.1 Å². The summed E-state index contributed by atoms with van der Waals surface area (Å²) in [5, 5.41) is 2.86. The van der Waals surface area contributed by atoms with Gasteiger partial charge in [-0.05, 0) is 38.1 Å². The predicted octanol–water partition coefficient (Wildman–Crippen LogP) is 2.62. The van der Waals surface area contributed by atoms with Crippen molar-refractivity contribution in [2.45, 2.75) is 20.3 Å². The monoisotopic (exact) mass is 329 g/mol. The summed E-state index contributed by atoms with van der Waals surface area (Å²) in [4.78, 5) is 35.3. The number of cyclic esters (lactones) is 1. The number of ketones is 2. The second-order valence-corrected chi connectivity index (χ2v) is 5.16. The van der Waals surface area contributed by atoms with Crippen LogP contribution in [0.25, 0.3) is 0 Å². The van der Waals surface area contributed by atoms with Gasteiger partial charge in [-0.25, -0.2) is 4.79 Å². The van der Waals surface area contributed by atoms with Gasteiger partial charge in [0.2, 0.25) is 0 Å². The topological polar surface area (TPSA) is 81.7 Å². The summed E-state index contributed by atoms with van der Waals surface area (Å²) in [7, 11) is 0. The van der Waals surface area contributed by atoms with E-state index in [4.69, 9.17) is 9.47 Å². The van der Waals surface area contributed by atoms with Gasteiger partial charge in [0.05, 0.1) is 6.61 Å². The summed E-state index contributed by atoms with van der Waals surface area (Å²) < 4.78 is 10.1. The highest BCUT2D eigenvalue weighted by Gasteiger charge is 2.23. The fourth-order valence-corrected chi connectivity index (χ4v) is 2.09. The highest BCUT2D eigenvalue weighted by molar-refractivity contribution is 6.23. The van der Waals surface area contributed by atoms with Crippen LogP contribution < -0.4 is 5.32 Å². The van der Waals surface area contributed by atoms with E-state index < -0.39 is 11.8 Å². The van der Waals surface area contributed by atoms with Crippen LogP contribution in [-0.4, -0.2) is 30.7 Å². The summed E-state index contributed by atoms with van der Waals surface area (Å²) in [6, 6.07) is 6.76. The number of anilines is 1. The Morgan fingerprint density at radius 2 is 1.96 bits per heavy atom. The summed E-state index contributed by atoms with van der Waals surface area (Å²) in [6.45, 7) is 4.41. The maximum Gasteiger partial charge on any atom is 0.348 e. The molecule has 1 aliphatic heterocycles. The second kappa shape index (κ2) is 8.21. The molecule has 0 aromatic heterocycles. The van der Waals surface area contributed by atoms with E-state index in [0.717, 1.165) is 0 Å². The van der Waals surface area contributed by atoms with Crippen LogP contribution in [0, 0.1) is 0 Å². The molecule has 1 N–H and O–H groups in total. The third kappa shape index (κ3) is 4.63. The summed E-state index contributed by atoms with van der Waals surface area (Å²) in [5.74, 6) is -0.814. The number of allylic oxidation sites excluding steroid dienone is 2. The van der Waals surface area contributed by atoms with Crippen LogP contribution in [0.5, 0.6) is 0 Å². The minimum Gasteiger partial charge on any atom is -0.427 e. The minimum absolute atomic E-state index is 0.00000283. The molecule has 0 atom stereocenters. The first-order valence-corrected chi connectivity index (χ1v) is 7.63. The van der Waals surface area contributed by atoms with Crippen molar-refractivity contribution < 1.29 is 23.9 Å². The molecule has 0 aliphatic carbocycles. The van der Waals surface area contributed by atoms with Gasteiger partial charge in [0.1, 0.15) is 11.3 Å². The Kier molecular flexibility index (Phi) is 6.03. The third-order valence-corrected chi connectivity index (χ3v) is 3.34. The number of hydrogen-bond acceptors (Lipinski definition) is 6. The number of benzene rings is 1. The highest BCUT2D eigenvalue weighted by Crippen LogP contribution is 2.16. The minimum atomic E-state index is -0.685. The van der Waals surface area contributed by atoms with Crippen molar-refractivity contribution in [2.24, 2.45) is 0 Å². The number of carbonyl (C=O) groups is 3. The molecular formula is C18H19NO5. The van der Waals surface area contributed by atoms with Crippen molar-refractivity contribution in [3.63, 3.8) is 0 Å². The molecule has 1 heterocycles. The van der Waals surface area contributed by atoms with Crippen molar-refractivity contribution in [2.75, 3.05) is 18.5 Å². The molecule has 1 aromatic rings. The molecule has 1 aromatic carbocycles. The Balaban J connectivity index is 1.99. The Morgan fingerprint density at radius 3 is 2.58 bits per heavy atom. The van der Waals surface area contributed by atoms with E-state index in [9.17, 15) is 14.4 Å². The second-order valence-electron chi connectivity index (χ2n) is 5.16. The van der Waals surface area contributed by atoms with Gasteiger partial charge in [0.25, 0.3) is 0 Å². The average molecular weight is 329 g/mol. The van der Waals surface area contributed by atoms with Gasteiger partial charge in [-0.1, -0.05) is 0 Å². The Labute approximate surface area is 140 Å². The predicted molar refractivity (Wildman–Crippen MR) is 88.4 cm³/mol. The number of Topliss-reactive ketones (excluding diaryl/α,β-unsaturated/α-hetero) is 1. The molecule has 2 rings (SSSR count). The molecule has 126 valence electrons. The van der Waals surface area contributed by atoms with E-state index in [0.29, 0.717) is 30.9 Å². The number of esters is 1. The first-order chi connectivity index (χ1) is 11.5. The fourth-order valence-electron chi connectivity index (χ4n) is 2.09. The van der Waals surface area contributed by atoms with E-state index in [1.807, 2.05) is 6.92 Å². The highest BCUT2D eigenvalue weighted by atomic mass is 16.5. The Morgan fingerprint density at radius 1 is 1.25 bits per heavy atom. The number of ether oxygens (including phenoxy) is 2. The first kappa shape index (κ1) is 17.6. The van der Waals surface area contributed by atoms with Gasteiger partial charge in [-0.3, -0.25) is 9.59 Å². The van der Waals surface area contributed by atoms with Crippen LogP contribution in [0.1, 0.15) is 30.6 Å². The lowest BCUT2D eigenvalue weighted by Gasteiger charge is -2.12. The zero-order valence-corrected chi connectivity index (χ0v) is 13.6. The van der Waals surface area contributed by atoms with Crippen molar-refractivity contribution >= 4 is 23.2 Å². The van der Waals surface area contributed by atoms with Crippen LogP contribution in [0.4, 0.5) is 5.69 Å². The quantitative estimate of drug-likeness (QED) is 0.272. The maximum absolute atomic E-state index is 11.9. The zero-order valence-electron chi connectivity index (χ0n) is 13.6. The lowest BCUT2D eigenvalue weighted by Crippen LogP contribution is -2.20. The number of nitrogens with one attached hydrogen (secondary N) is 1. The standard InChI is InChI=1S/C18H19NO5/c1-3-23-9-8-16(20)13-4-6-14(7-5-13)19-11-15-17(21)10-12(2)24-18(15)22/h4-7,10-11,19H,3,8-9H2,1-2H3. The molecule has 1 aliphatic rings. The van der Waals surface area contributed by atoms with Gasteiger partial charge >= 0.3 is 5.97 Å². The normalized spacial score (nSPS) is 15.9. The number of carbonyl (C=O) groups excluding carboxylic acids is 3. The molecule has 24 heavy (non-hydrogen) atoms. The van der Waals surface area contributed by atoms with E-state index >= 15 is 0 Å². The largest absolute Gasteiger partial charge is 0.427 e.